The number of aromatic nitrogens is 2. The molecule has 0 spiro atoms. The van der Waals surface area contributed by atoms with Gasteiger partial charge in [0.25, 0.3) is 0 Å². The monoisotopic (exact) mass is 294 g/mol. The van der Waals surface area contributed by atoms with Gasteiger partial charge in [0.1, 0.15) is 0 Å². The predicted molar refractivity (Wildman–Crippen MR) is 86.2 cm³/mol. The normalized spacial score (nSPS) is 10.3. The van der Waals surface area contributed by atoms with E-state index in [1.54, 1.807) is 0 Å². The van der Waals surface area contributed by atoms with Crippen molar-refractivity contribution in [3.05, 3.63) is 72.2 Å². The zero-order valence-corrected chi connectivity index (χ0v) is 12.0. The molecule has 0 bridgehead atoms. The van der Waals surface area contributed by atoms with E-state index in [1.807, 2.05) is 61.5 Å². The van der Waals surface area contributed by atoms with E-state index in [4.69, 9.17) is 0 Å². The molecule has 3 rings (SSSR count). The minimum atomic E-state index is -0.501. The molecule has 0 amide bonds. The Balaban J connectivity index is 1.83. The molecule has 110 valence electrons. The fraction of sp³-hybridized carbons (Fsp3) is 0.0588. The summed E-state index contributed by atoms with van der Waals surface area (Å²) < 4.78 is 13.8. The van der Waals surface area contributed by atoms with Crippen LogP contribution in [0.2, 0.25) is 0 Å². The Kier molecular flexibility index (Phi) is 3.96. The summed E-state index contributed by atoms with van der Waals surface area (Å²) in [4.78, 5) is 8.15. The third-order valence-electron chi connectivity index (χ3n) is 3.05. The van der Waals surface area contributed by atoms with E-state index in [9.17, 15) is 4.39 Å². The van der Waals surface area contributed by atoms with E-state index in [1.165, 1.54) is 0 Å². The number of aryl methyl sites for hydroxylation is 1. The first-order valence-electron chi connectivity index (χ1n) is 6.89. The number of nitrogens with one attached hydrogen (secondary N) is 2. The summed E-state index contributed by atoms with van der Waals surface area (Å²) in [5, 5.41) is 6.01. The molecule has 0 unspecified atom stereocenters. The second-order valence-corrected chi connectivity index (χ2v) is 4.88. The largest absolute Gasteiger partial charge is 0.338 e. The molecular formula is C17H15FN4. The highest BCUT2D eigenvalue weighted by Gasteiger charge is 2.07. The summed E-state index contributed by atoms with van der Waals surface area (Å²) >= 11 is 0. The maximum Gasteiger partial charge on any atom is 0.229 e. The Bertz CT molecular complexity index is 775. The molecular weight excluding hydrogens is 279 g/mol. The van der Waals surface area contributed by atoms with Gasteiger partial charge < -0.3 is 10.6 Å². The third-order valence-corrected chi connectivity index (χ3v) is 3.05. The van der Waals surface area contributed by atoms with Gasteiger partial charge in [-0.15, -0.1) is 0 Å². The standard InChI is InChI=1S/C17H15FN4/c1-12-6-5-9-14(10-12)21-17-19-11-15(18)16(22-17)20-13-7-3-2-4-8-13/h2-11H,1H3,(H2,19,20,21,22). The van der Waals surface area contributed by atoms with Crippen molar-refractivity contribution in [1.82, 2.24) is 9.97 Å². The van der Waals surface area contributed by atoms with Crippen LogP contribution in [0.5, 0.6) is 0 Å². The summed E-state index contributed by atoms with van der Waals surface area (Å²) in [5.74, 6) is -0.0274. The molecule has 1 aromatic heterocycles. The van der Waals surface area contributed by atoms with Crippen molar-refractivity contribution in [2.24, 2.45) is 0 Å². The average molecular weight is 294 g/mol. The molecule has 4 nitrogen and oxygen atoms in total. The maximum atomic E-state index is 13.8. The number of hydrogen-bond donors (Lipinski definition) is 2. The van der Waals surface area contributed by atoms with Crippen LogP contribution in [-0.2, 0) is 0 Å². The lowest BCUT2D eigenvalue weighted by Crippen LogP contribution is -2.03. The highest BCUT2D eigenvalue weighted by molar-refractivity contribution is 5.60. The zero-order chi connectivity index (χ0) is 15.4. The van der Waals surface area contributed by atoms with Gasteiger partial charge in [0.05, 0.1) is 6.20 Å². The van der Waals surface area contributed by atoms with E-state index in [-0.39, 0.29) is 5.82 Å². The van der Waals surface area contributed by atoms with Crippen molar-refractivity contribution in [3.8, 4) is 0 Å². The van der Waals surface area contributed by atoms with Crippen LogP contribution in [0.15, 0.2) is 60.8 Å². The molecule has 5 heteroatoms. The Labute approximate surface area is 128 Å². The van der Waals surface area contributed by atoms with Crippen molar-refractivity contribution in [2.75, 3.05) is 10.6 Å². The van der Waals surface area contributed by atoms with Crippen LogP contribution >= 0.6 is 0 Å². The fourth-order valence-corrected chi connectivity index (χ4v) is 2.03. The van der Waals surface area contributed by atoms with Crippen LogP contribution in [0.3, 0.4) is 0 Å². The van der Waals surface area contributed by atoms with E-state index in [2.05, 4.69) is 20.6 Å². The summed E-state index contributed by atoms with van der Waals surface area (Å²) in [6.07, 6.45) is 1.15. The second-order valence-electron chi connectivity index (χ2n) is 4.88. The molecule has 0 aliphatic heterocycles. The van der Waals surface area contributed by atoms with E-state index >= 15 is 0 Å². The number of anilines is 4. The third kappa shape index (κ3) is 3.38. The molecule has 0 atom stereocenters. The number of nitrogens with zero attached hydrogens (tertiary/aromatic N) is 2. The van der Waals surface area contributed by atoms with Crippen LogP contribution < -0.4 is 10.6 Å². The Morgan fingerprint density at radius 2 is 1.68 bits per heavy atom. The minimum absolute atomic E-state index is 0.136. The molecule has 0 saturated carbocycles. The fourth-order valence-electron chi connectivity index (χ4n) is 2.03. The molecule has 22 heavy (non-hydrogen) atoms. The number of para-hydroxylation sites is 1. The van der Waals surface area contributed by atoms with Crippen LogP contribution in [0.4, 0.5) is 27.5 Å². The zero-order valence-electron chi connectivity index (χ0n) is 12.0. The second kappa shape index (κ2) is 6.22. The van der Waals surface area contributed by atoms with Crippen LogP contribution in [0, 0.1) is 12.7 Å². The summed E-state index contributed by atoms with van der Waals surface area (Å²) in [6.45, 7) is 2.00. The van der Waals surface area contributed by atoms with Crippen LogP contribution in [0.25, 0.3) is 0 Å². The molecule has 0 saturated heterocycles. The van der Waals surface area contributed by atoms with Gasteiger partial charge in [-0.05, 0) is 36.8 Å². The quantitative estimate of drug-likeness (QED) is 0.748. The summed E-state index contributed by atoms with van der Waals surface area (Å²) in [5.41, 5.74) is 2.74. The summed E-state index contributed by atoms with van der Waals surface area (Å²) in [6, 6.07) is 17.1. The lowest BCUT2D eigenvalue weighted by molar-refractivity contribution is 0.619. The topological polar surface area (TPSA) is 49.8 Å². The van der Waals surface area contributed by atoms with Crippen molar-refractivity contribution in [1.29, 1.82) is 0 Å². The Morgan fingerprint density at radius 3 is 2.45 bits per heavy atom. The SMILES string of the molecule is Cc1cccc(Nc2ncc(F)c(Nc3ccccc3)n2)c1. The molecule has 0 aliphatic rings. The first kappa shape index (κ1) is 14.0. The summed E-state index contributed by atoms with van der Waals surface area (Å²) in [7, 11) is 0. The molecule has 0 aliphatic carbocycles. The highest BCUT2D eigenvalue weighted by Crippen LogP contribution is 2.20. The Morgan fingerprint density at radius 1 is 0.909 bits per heavy atom. The average Bonchev–Trinajstić information content (AvgIpc) is 2.52. The van der Waals surface area contributed by atoms with Crippen molar-refractivity contribution in [3.63, 3.8) is 0 Å². The van der Waals surface area contributed by atoms with E-state index < -0.39 is 5.82 Å². The minimum Gasteiger partial charge on any atom is -0.338 e. The lowest BCUT2D eigenvalue weighted by atomic mass is 10.2. The van der Waals surface area contributed by atoms with E-state index in [0.717, 1.165) is 23.1 Å². The molecule has 0 radical (unpaired) electrons. The van der Waals surface area contributed by atoms with Crippen molar-refractivity contribution in [2.45, 2.75) is 6.92 Å². The van der Waals surface area contributed by atoms with E-state index in [0.29, 0.717) is 5.95 Å². The van der Waals surface area contributed by atoms with Gasteiger partial charge in [-0.3, -0.25) is 0 Å². The molecule has 0 fully saturated rings. The number of halogens is 1. The molecule has 1 heterocycles. The highest BCUT2D eigenvalue weighted by atomic mass is 19.1. The van der Waals surface area contributed by atoms with Gasteiger partial charge in [0, 0.05) is 11.4 Å². The molecule has 3 aromatic rings. The predicted octanol–water partition coefficient (Wildman–Crippen LogP) is 4.41. The Hall–Kier alpha value is -2.95. The smallest absolute Gasteiger partial charge is 0.229 e. The van der Waals surface area contributed by atoms with Gasteiger partial charge in [-0.2, -0.15) is 4.98 Å². The van der Waals surface area contributed by atoms with Crippen LogP contribution in [0.1, 0.15) is 5.56 Å². The number of rotatable bonds is 4. The van der Waals surface area contributed by atoms with Crippen LogP contribution in [-0.4, -0.2) is 9.97 Å². The van der Waals surface area contributed by atoms with Gasteiger partial charge in [0.15, 0.2) is 11.6 Å². The first-order valence-corrected chi connectivity index (χ1v) is 6.89. The first-order chi connectivity index (χ1) is 10.7. The van der Waals surface area contributed by atoms with Gasteiger partial charge in [-0.25, -0.2) is 9.37 Å². The van der Waals surface area contributed by atoms with Gasteiger partial charge >= 0.3 is 0 Å². The molecule has 2 aromatic carbocycles. The van der Waals surface area contributed by atoms with Gasteiger partial charge in [0.2, 0.25) is 5.95 Å². The number of hydrogen-bond acceptors (Lipinski definition) is 4. The van der Waals surface area contributed by atoms with Gasteiger partial charge in [-0.1, -0.05) is 30.3 Å². The maximum absolute atomic E-state index is 13.8. The lowest BCUT2D eigenvalue weighted by Gasteiger charge is -2.09. The number of benzene rings is 2. The van der Waals surface area contributed by atoms with Crippen molar-refractivity contribution < 1.29 is 4.39 Å². The van der Waals surface area contributed by atoms with Crippen molar-refractivity contribution >= 4 is 23.1 Å². The molecule has 2 N–H and O–H groups in total.